The lowest BCUT2D eigenvalue weighted by Crippen LogP contribution is -2.25. The summed E-state index contributed by atoms with van der Waals surface area (Å²) in [5.74, 6) is 0.854. The lowest BCUT2D eigenvalue weighted by Gasteiger charge is -2.30. The molecule has 3 N–H and O–H groups in total. The number of ether oxygens (including phenoxy) is 1. The Morgan fingerprint density at radius 2 is 0.437 bits per heavy atom. The second kappa shape index (κ2) is 29.9. The normalized spacial score (nSPS) is 13.3. The number of rotatable bonds is 11. The van der Waals surface area contributed by atoms with Crippen molar-refractivity contribution >= 4 is 44.9 Å². The molecule has 0 radical (unpaired) electrons. The van der Waals surface area contributed by atoms with Gasteiger partial charge in [-0.3, -0.25) is 0 Å². The van der Waals surface area contributed by atoms with Gasteiger partial charge in [0.1, 0.15) is 5.75 Å². The zero-order chi connectivity index (χ0) is 83.4. The van der Waals surface area contributed by atoms with Crippen LogP contribution in [0.5, 0.6) is 5.75 Å². The molecule has 6 aliphatic carbocycles. The molecule has 20 aromatic carbocycles. The third-order valence-corrected chi connectivity index (χ3v) is 27.3. The van der Waals surface area contributed by atoms with Crippen LogP contribution in [-0.4, -0.2) is 7.11 Å². The molecular weight excluding hydrogens is 1520 g/mol. The Bertz CT molecular complexity index is 7530. The summed E-state index contributed by atoms with van der Waals surface area (Å²) in [5.41, 5.74) is 47.3. The van der Waals surface area contributed by atoms with Crippen LogP contribution in [0.25, 0.3) is 122 Å². The van der Waals surface area contributed by atoms with E-state index in [0.717, 1.165) is 39.9 Å². The van der Waals surface area contributed by atoms with Crippen LogP contribution in [0.1, 0.15) is 66.8 Å². The van der Waals surface area contributed by atoms with E-state index in [0.29, 0.717) is 0 Å². The summed E-state index contributed by atoms with van der Waals surface area (Å²) >= 11 is 0. The van der Waals surface area contributed by atoms with Crippen molar-refractivity contribution in [1.29, 1.82) is 0 Å². The number of hydrogen-bond donors (Lipinski definition) is 3. The van der Waals surface area contributed by atoms with Crippen molar-refractivity contribution in [3.05, 3.63) is 534 Å². The number of hydrogen-bond acceptors (Lipinski definition) is 4. The number of methoxy groups -OCH3 is 1. The Morgan fingerprint density at radius 3 is 0.810 bits per heavy atom. The molecule has 20 aromatic rings. The Morgan fingerprint density at radius 1 is 0.175 bits per heavy atom. The Hall–Kier alpha value is -16.1. The molecule has 4 heteroatoms. The highest BCUT2D eigenvalue weighted by Crippen LogP contribution is 2.68. The van der Waals surface area contributed by atoms with Gasteiger partial charge in [-0.15, -0.1) is 0 Å². The van der Waals surface area contributed by atoms with Crippen molar-refractivity contribution < 1.29 is 4.74 Å². The van der Waals surface area contributed by atoms with Crippen LogP contribution in [0, 0.1) is 0 Å². The van der Waals surface area contributed by atoms with Crippen LogP contribution in [0.4, 0.5) is 34.1 Å². The smallest absolute Gasteiger partial charge is 0.119 e. The molecule has 0 unspecified atom stereocenters. The van der Waals surface area contributed by atoms with E-state index in [1.165, 1.54) is 189 Å². The topological polar surface area (TPSA) is 45.3 Å². The van der Waals surface area contributed by atoms with Crippen molar-refractivity contribution in [3.8, 4) is 117 Å². The predicted octanol–water partition coefficient (Wildman–Crippen LogP) is 31.2. The van der Waals surface area contributed by atoms with Crippen molar-refractivity contribution in [2.45, 2.75) is 16.2 Å². The summed E-state index contributed by atoms with van der Waals surface area (Å²) in [5, 5.41) is 13.9. The largest absolute Gasteiger partial charge is 0.497 e. The first-order valence-electron chi connectivity index (χ1n) is 43.6. The number of benzene rings is 20. The molecule has 0 atom stereocenters. The molecule has 126 heavy (non-hydrogen) atoms. The van der Waals surface area contributed by atoms with Gasteiger partial charge >= 0.3 is 0 Å². The average molecular weight is 1610 g/mol. The third-order valence-electron chi connectivity index (χ3n) is 27.3. The van der Waals surface area contributed by atoms with Gasteiger partial charge in [0, 0.05) is 50.8 Å². The fraction of sp³-hybridized carbons (Fsp3) is 0.0328. The summed E-state index contributed by atoms with van der Waals surface area (Å²) < 4.78 is 5.34. The lowest BCUT2D eigenvalue weighted by molar-refractivity contribution is 0.415. The number of anilines is 6. The summed E-state index contributed by atoms with van der Waals surface area (Å²) in [6.45, 7) is 0. The zero-order valence-electron chi connectivity index (χ0n) is 69.4. The number of fused-ring (bicyclic) bond motifs is 31. The minimum atomic E-state index is -0.346. The van der Waals surface area contributed by atoms with Crippen molar-refractivity contribution in [3.63, 3.8) is 0 Å². The molecule has 26 rings (SSSR count). The summed E-state index contributed by atoms with van der Waals surface area (Å²) in [6, 6.07) is 170. The molecule has 0 saturated heterocycles. The van der Waals surface area contributed by atoms with E-state index in [4.69, 9.17) is 4.74 Å². The van der Waals surface area contributed by atoms with Gasteiger partial charge in [0.15, 0.2) is 0 Å². The summed E-state index contributed by atoms with van der Waals surface area (Å²) in [6.07, 6.45) is 0. The standard InChI is InChI=1S/C49H33N.C41H27N.C32H23NO/c1-3-14-33(15-4-1)36-30-37(34-16-5-2-6-17-34)32-38(31-36)35-26-28-39(29-27-35)50-47-25-13-24-46-48(47)42-20-9-12-23-45(42)49(46)43-21-10-7-18-40(43)41-19-8-11-22-44(41)49;1-2-16-30-27(12-1)13-10-20-31(30)28-14-9-15-29(26-28)42-39-25-11-24-38-40(39)34-19-5-8-23-37(34)41(38)35-21-6-3-17-32(35)33-18-4-7-22-36(33)41;1-34-22-19-17-21(18-20-22)33-30-16-8-15-29-31(30)25-11-4-7-14-28(25)32(29)26-12-5-2-9-23(26)24-10-3-6-13-27(24)32/h1-32,50H;1-26,42H;2-20,33H,1H3. The average Bonchev–Trinajstić information content (AvgIpc) is 1.52. The molecule has 0 amide bonds. The van der Waals surface area contributed by atoms with Crippen LogP contribution in [0.3, 0.4) is 0 Å². The first-order chi connectivity index (χ1) is 62.4. The van der Waals surface area contributed by atoms with Gasteiger partial charge in [0.2, 0.25) is 0 Å². The fourth-order valence-electron chi connectivity index (χ4n) is 22.3. The molecule has 592 valence electrons. The molecule has 0 heterocycles. The lowest BCUT2D eigenvalue weighted by atomic mass is 9.70. The highest BCUT2D eigenvalue weighted by atomic mass is 16.5. The van der Waals surface area contributed by atoms with E-state index in [1.54, 1.807) is 7.11 Å². The van der Waals surface area contributed by atoms with Crippen molar-refractivity contribution in [2.75, 3.05) is 23.1 Å². The van der Waals surface area contributed by atoms with E-state index in [-0.39, 0.29) is 16.2 Å². The minimum Gasteiger partial charge on any atom is -0.497 e. The van der Waals surface area contributed by atoms with Crippen molar-refractivity contribution in [2.24, 2.45) is 0 Å². The van der Waals surface area contributed by atoms with Crippen LogP contribution in [-0.2, 0) is 16.2 Å². The third kappa shape index (κ3) is 11.3. The minimum absolute atomic E-state index is 0.309. The van der Waals surface area contributed by atoms with Crippen LogP contribution in [0.2, 0.25) is 0 Å². The molecule has 3 spiro atoms. The maximum Gasteiger partial charge on any atom is 0.119 e. The van der Waals surface area contributed by atoms with Gasteiger partial charge in [-0.2, -0.15) is 0 Å². The summed E-state index contributed by atoms with van der Waals surface area (Å²) in [7, 11) is 1.69. The quantitative estimate of drug-likeness (QED) is 0.121. The molecule has 0 saturated carbocycles. The SMILES string of the molecule is COc1ccc(Nc2cccc3c2-c2ccccc2C32c3ccccc3-c3ccccc32)cc1.c1cc(Nc2cccc3c2-c2ccccc2C32c3ccccc3-c3ccccc32)cc(-c2cccc3ccccc23)c1.c1ccc(-c2cc(-c3ccccc3)cc(-c3ccc(Nc4cccc5c4-c4ccccc4C54c5ccccc5-c5ccccc54)cc3)c2)cc1. The second-order valence-electron chi connectivity index (χ2n) is 33.7. The van der Waals surface area contributed by atoms with Gasteiger partial charge in [0.25, 0.3) is 0 Å². The molecule has 4 nitrogen and oxygen atoms in total. The maximum atomic E-state index is 5.34. The Balaban J connectivity index is 0.000000108. The van der Waals surface area contributed by atoms with E-state index >= 15 is 0 Å². The summed E-state index contributed by atoms with van der Waals surface area (Å²) in [4.78, 5) is 0. The first kappa shape index (κ1) is 73.8. The van der Waals surface area contributed by atoms with Crippen LogP contribution >= 0.6 is 0 Å². The molecule has 0 aromatic heterocycles. The predicted molar refractivity (Wildman–Crippen MR) is 523 cm³/mol. The van der Waals surface area contributed by atoms with Crippen molar-refractivity contribution in [1.82, 2.24) is 0 Å². The van der Waals surface area contributed by atoms with Gasteiger partial charge in [-0.25, -0.2) is 0 Å². The zero-order valence-corrected chi connectivity index (χ0v) is 69.4. The van der Waals surface area contributed by atoms with Crippen LogP contribution in [0.15, 0.2) is 467 Å². The van der Waals surface area contributed by atoms with E-state index in [9.17, 15) is 0 Å². The van der Waals surface area contributed by atoms with E-state index in [2.05, 4.69) is 471 Å². The Kier molecular flexibility index (Phi) is 17.5. The van der Waals surface area contributed by atoms with E-state index < -0.39 is 0 Å². The van der Waals surface area contributed by atoms with Gasteiger partial charge < -0.3 is 20.7 Å². The molecule has 0 fully saturated rings. The Labute approximate surface area is 734 Å². The molecular formula is C122H83N3O. The van der Waals surface area contributed by atoms with Crippen LogP contribution < -0.4 is 20.7 Å². The molecule has 0 aliphatic heterocycles. The van der Waals surface area contributed by atoms with E-state index in [1.807, 2.05) is 12.1 Å². The highest BCUT2D eigenvalue weighted by Gasteiger charge is 2.55. The molecule has 0 bridgehead atoms. The second-order valence-corrected chi connectivity index (χ2v) is 33.7. The van der Waals surface area contributed by atoms with Gasteiger partial charge in [-0.05, 0) is 257 Å². The van der Waals surface area contributed by atoms with Gasteiger partial charge in [0.05, 0.1) is 23.4 Å². The van der Waals surface area contributed by atoms with Gasteiger partial charge in [-0.1, -0.05) is 382 Å². The highest BCUT2D eigenvalue weighted by molar-refractivity contribution is 6.04. The molecule has 6 aliphatic rings. The monoisotopic (exact) mass is 1610 g/mol. The fourth-order valence-corrected chi connectivity index (χ4v) is 22.3. The number of nitrogens with one attached hydrogen (secondary N) is 3. The maximum absolute atomic E-state index is 5.34. The first-order valence-corrected chi connectivity index (χ1v) is 43.6.